The molecule has 0 aromatic carbocycles. The molecule has 0 atom stereocenters. The normalized spacial score (nSPS) is 10.7. The van der Waals surface area contributed by atoms with Crippen LogP contribution in [0.3, 0.4) is 0 Å². The summed E-state index contributed by atoms with van der Waals surface area (Å²) in [5, 5.41) is 0.680. The molecule has 0 amide bonds. The first kappa shape index (κ1) is 6.68. The van der Waals surface area contributed by atoms with E-state index in [0.29, 0.717) is 5.02 Å². The number of fused-ring (bicyclic) bond motifs is 1. The molecular weight excluding hydrogens is 160 g/mol. The first-order valence-electron chi connectivity index (χ1n) is 3.34. The third-order valence-corrected chi connectivity index (χ3v) is 1.91. The molecule has 3 heteroatoms. The summed E-state index contributed by atoms with van der Waals surface area (Å²) < 4.78 is 1.99. The Kier molecular flexibility index (Phi) is 1.36. The monoisotopic (exact) mass is 166 g/mol. The molecule has 2 aromatic heterocycles. The molecule has 0 aliphatic rings. The number of aromatic nitrogens is 2. The zero-order valence-electron chi connectivity index (χ0n) is 6.08. The van der Waals surface area contributed by atoms with Gasteiger partial charge in [-0.3, -0.25) is 4.98 Å². The number of rotatable bonds is 0. The lowest BCUT2D eigenvalue weighted by Crippen LogP contribution is -1.83. The molecule has 0 saturated heterocycles. The Labute approximate surface area is 69.4 Å². The first-order chi connectivity index (χ1) is 5.27. The Balaban J connectivity index is 2.87. The van der Waals surface area contributed by atoms with Crippen LogP contribution in [0.4, 0.5) is 0 Å². The van der Waals surface area contributed by atoms with Gasteiger partial charge in [0.25, 0.3) is 0 Å². The van der Waals surface area contributed by atoms with Crippen molar-refractivity contribution in [2.75, 3.05) is 0 Å². The van der Waals surface area contributed by atoms with E-state index in [1.54, 1.807) is 6.20 Å². The molecule has 0 bridgehead atoms. The van der Waals surface area contributed by atoms with Crippen LogP contribution in [0.15, 0.2) is 24.5 Å². The van der Waals surface area contributed by atoms with Crippen molar-refractivity contribution in [3.63, 3.8) is 0 Å². The van der Waals surface area contributed by atoms with Gasteiger partial charge in [0.2, 0.25) is 0 Å². The largest absolute Gasteiger partial charge is 0.349 e. The second-order valence-corrected chi connectivity index (χ2v) is 2.92. The van der Waals surface area contributed by atoms with Crippen LogP contribution in [0, 0.1) is 0 Å². The van der Waals surface area contributed by atoms with Crippen LogP contribution < -0.4 is 0 Å². The number of pyridine rings is 1. The van der Waals surface area contributed by atoms with Crippen LogP contribution in [-0.2, 0) is 7.05 Å². The van der Waals surface area contributed by atoms with Gasteiger partial charge in [0.05, 0.1) is 16.1 Å². The smallest absolute Gasteiger partial charge is 0.0881 e. The molecular formula is C8H7ClN2. The van der Waals surface area contributed by atoms with E-state index in [-0.39, 0.29) is 0 Å². The summed E-state index contributed by atoms with van der Waals surface area (Å²) in [6.45, 7) is 0. The van der Waals surface area contributed by atoms with Gasteiger partial charge < -0.3 is 4.57 Å². The maximum atomic E-state index is 5.77. The number of hydrogen-bond donors (Lipinski definition) is 0. The van der Waals surface area contributed by atoms with Crippen LogP contribution >= 0.6 is 11.6 Å². The SMILES string of the molecule is Cn1ccc2ncc(Cl)cc21. The second kappa shape index (κ2) is 2.24. The minimum atomic E-state index is 0.680. The summed E-state index contributed by atoms with van der Waals surface area (Å²) in [5.74, 6) is 0. The highest BCUT2D eigenvalue weighted by atomic mass is 35.5. The van der Waals surface area contributed by atoms with Crippen molar-refractivity contribution in [1.82, 2.24) is 9.55 Å². The van der Waals surface area contributed by atoms with E-state index in [0.717, 1.165) is 11.0 Å². The van der Waals surface area contributed by atoms with Crippen LogP contribution in [0.1, 0.15) is 0 Å². The van der Waals surface area contributed by atoms with Gasteiger partial charge in [-0.25, -0.2) is 0 Å². The van der Waals surface area contributed by atoms with Gasteiger partial charge in [-0.1, -0.05) is 11.6 Å². The third kappa shape index (κ3) is 0.994. The van der Waals surface area contributed by atoms with E-state index in [4.69, 9.17) is 11.6 Å². The summed E-state index contributed by atoms with van der Waals surface area (Å²) in [6, 6.07) is 3.87. The molecule has 56 valence electrons. The summed E-state index contributed by atoms with van der Waals surface area (Å²) >= 11 is 5.77. The van der Waals surface area contributed by atoms with Gasteiger partial charge in [-0.05, 0) is 12.1 Å². The van der Waals surface area contributed by atoms with Crippen molar-refractivity contribution in [3.8, 4) is 0 Å². The van der Waals surface area contributed by atoms with Gasteiger partial charge in [0.15, 0.2) is 0 Å². The van der Waals surface area contributed by atoms with E-state index >= 15 is 0 Å². The summed E-state index contributed by atoms with van der Waals surface area (Å²) in [5.41, 5.74) is 2.05. The fourth-order valence-electron chi connectivity index (χ4n) is 1.11. The highest BCUT2D eigenvalue weighted by Gasteiger charge is 1.98. The topological polar surface area (TPSA) is 17.8 Å². The van der Waals surface area contributed by atoms with E-state index < -0.39 is 0 Å². The Bertz CT molecular complexity index is 392. The van der Waals surface area contributed by atoms with Crippen molar-refractivity contribution in [2.24, 2.45) is 7.05 Å². The highest BCUT2D eigenvalue weighted by Crippen LogP contribution is 2.16. The molecule has 0 saturated carbocycles. The van der Waals surface area contributed by atoms with Crippen LogP contribution in [0.25, 0.3) is 11.0 Å². The Morgan fingerprint density at radius 2 is 2.36 bits per heavy atom. The molecule has 2 nitrogen and oxygen atoms in total. The molecule has 0 unspecified atom stereocenters. The number of nitrogens with zero attached hydrogens (tertiary/aromatic N) is 2. The standard InChI is InChI=1S/C8H7ClN2/c1-11-3-2-7-8(11)4-6(9)5-10-7/h2-5H,1H3. The van der Waals surface area contributed by atoms with Crippen LogP contribution in [-0.4, -0.2) is 9.55 Å². The van der Waals surface area contributed by atoms with Crippen molar-refractivity contribution in [2.45, 2.75) is 0 Å². The number of halogens is 1. The van der Waals surface area contributed by atoms with Gasteiger partial charge in [-0.15, -0.1) is 0 Å². The quantitative estimate of drug-likeness (QED) is 0.587. The summed E-state index contributed by atoms with van der Waals surface area (Å²) in [7, 11) is 1.97. The molecule has 2 rings (SSSR count). The van der Waals surface area contributed by atoms with Gasteiger partial charge in [0, 0.05) is 19.4 Å². The zero-order chi connectivity index (χ0) is 7.84. The zero-order valence-corrected chi connectivity index (χ0v) is 6.84. The Hall–Kier alpha value is -1.02. The lowest BCUT2D eigenvalue weighted by molar-refractivity contribution is 0.968. The maximum absolute atomic E-state index is 5.77. The molecule has 2 heterocycles. The van der Waals surface area contributed by atoms with E-state index in [9.17, 15) is 0 Å². The van der Waals surface area contributed by atoms with Crippen molar-refractivity contribution in [3.05, 3.63) is 29.5 Å². The molecule has 0 aliphatic heterocycles. The second-order valence-electron chi connectivity index (χ2n) is 2.48. The van der Waals surface area contributed by atoms with Gasteiger partial charge in [-0.2, -0.15) is 0 Å². The van der Waals surface area contributed by atoms with E-state index in [1.165, 1.54) is 0 Å². The average Bonchev–Trinajstić information content (AvgIpc) is 2.33. The fraction of sp³-hybridized carbons (Fsp3) is 0.125. The average molecular weight is 167 g/mol. The number of hydrogen-bond acceptors (Lipinski definition) is 1. The first-order valence-corrected chi connectivity index (χ1v) is 3.72. The van der Waals surface area contributed by atoms with E-state index in [2.05, 4.69) is 4.98 Å². The lowest BCUT2D eigenvalue weighted by atomic mass is 10.4. The van der Waals surface area contributed by atoms with Gasteiger partial charge in [0.1, 0.15) is 0 Å². The van der Waals surface area contributed by atoms with Gasteiger partial charge >= 0.3 is 0 Å². The Morgan fingerprint density at radius 3 is 3.18 bits per heavy atom. The fourth-order valence-corrected chi connectivity index (χ4v) is 1.26. The minimum absolute atomic E-state index is 0.680. The Morgan fingerprint density at radius 1 is 1.55 bits per heavy atom. The molecule has 0 aliphatic carbocycles. The molecule has 0 radical (unpaired) electrons. The summed E-state index contributed by atoms with van der Waals surface area (Å²) in [4.78, 5) is 4.15. The highest BCUT2D eigenvalue weighted by molar-refractivity contribution is 6.31. The minimum Gasteiger partial charge on any atom is -0.349 e. The molecule has 2 aromatic rings. The molecule has 0 spiro atoms. The summed E-state index contributed by atoms with van der Waals surface area (Å²) in [6.07, 6.45) is 3.62. The molecule has 0 N–H and O–H groups in total. The maximum Gasteiger partial charge on any atom is 0.0881 e. The third-order valence-electron chi connectivity index (χ3n) is 1.70. The molecule has 11 heavy (non-hydrogen) atoms. The van der Waals surface area contributed by atoms with Crippen molar-refractivity contribution in [1.29, 1.82) is 0 Å². The van der Waals surface area contributed by atoms with E-state index in [1.807, 2.05) is 29.9 Å². The van der Waals surface area contributed by atoms with Crippen molar-refractivity contribution < 1.29 is 0 Å². The predicted molar refractivity (Wildman–Crippen MR) is 45.7 cm³/mol. The van der Waals surface area contributed by atoms with Crippen LogP contribution in [0.2, 0.25) is 5.02 Å². The lowest BCUT2D eigenvalue weighted by Gasteiger charge is -1.94. The number of aryl methyl sites for hydroxylation is 1. The van der Waals surface area contributed by atoms with Crippen molar-refractivity contribution >= 4 is 22.6 Å². The van der Waals surface area contributed by atoms with Crippen LogP contribution in [0.5, 0.6) is 0 Å². The molecule has 0 fully saturated rings. The predicted octanol–water partition coefficient (Wildman–Crippen LogP) is 2.23.